The topological polar surface area (TPSA) is 0 Å². The second-order valence-corrected chi connectivity index (χ2v) is 7.13. The predicted octanol–water partition coefficient (Wildman–Crippen LogP) is 1.74. The quantitative estimate of drug-likeness (QED) is 0.429. The zero-order valence-corrected chi connectivity index (χ0v) is 18.3. The summed E-state index contributed by atoms with van der Waals surface area (Å²) < 4.78 is 0. The van der Waals surface area contributed by atoms with Crippen LogP contribution in [0, 0.1) is 0 Å². The molecule has 128 valence electrons. The summed E-state index contributed by atoms with van der Waals surface area (Å²) in [4.78, 5) is 0. The largest absolute Gasteiger partial charge is 1.00 e. The fraction of sp³-hybridized carbons (Fsp3) is 0.250. The Morgan fingerprint density at radius 1 is 0.538 bits per heavy atom. The van der Waals surface area contributed by atoms with E-state index in [1.54, 1.807) is 0 Å². The first-order valence-corrected chi connectivity index (χ1v) is 9.71. The van der Waals surface area contributed by atoms with E-state index in [9.17, 15) is 0 Å². The van der Waals surface area contributed by atoms with Crippen molar-refractivity contribution in [2.24, 2.45) is 0 Å². The van der Waals surface area contributed by atoms with Crippen molar-refractivity contribution in [1.29, 1.82) is 0 Å². The molecule has 0 aliphatic rings. The van der Waals surface area contributed by atoms with Gasteiger partial charge in [-0.15, -0.1) is 0 Å². The molecule has 0 saturated heterocycles. The standard InChI is InChI=1S/C24H28B.Na/c1-2-3-4-14-21-25(22-15-8-5-9-16-22,23-17-10-6-11-18-23)24-19-12-7-13-20-24;/h5-13,15-20H,2-4,14,21H2,1H3;/q-1;+1. The van der Waals surface area contributed by atoms with Crippen LogP contribution in [0.4, 0.5) is 0 Å². The van der Waals surface area contributed by atoms with Gasteiger partial charge in [0.2, 0.25) is 0 Å². The van der Waals surface area contributed by atoms with Gasteiger partial charge in [-0.05, 0) is 0 Å². The maximum absolute atomic E-state index is 2.32. The summed E-state index contributed by atoms with van der Waals surface area (Å²) in [5, 5.41) is 0. The molecule has 0 aliphatic heterocycles. The first-order valence-electron chi connectivity index (χ1n) is 9.71. The maximum Gasteiger partial charge on any atom is 1.00 e. The summed E-state index contributed by atoms with van der Waals surface area (Å²) in [6.07, 6.45) is 5.46. The van der Waals surface area contributed by atoms with Gasteiger partial charge in [0.1, 0.15) is 0 Å². The van der Waals surface area contributed by atoms with Crippen LogP contribution in [-0.2, 0) is 0 Å². The van der Waals surface area contributed by atoms with E-state index in [2.05, 4.69) is 97.9 Å². The molecule has 0 bridgehead atoms. The number of unbranched alkanes of at least 4 members (excludes halogenated alkanes) is 3. The van der Waals surface area contributed by atoms with Crippen LogP contribution >= 0.6 is 0 Å². The molecule has 0 atom stereocenters. The van der Waals surface area contributed by atoms with Gasteiger partial charge in [-0.3, -0.25) is 0 Å². The fourth-order valence-corrected chi connectivity index (χ4v) is 4.30. The van der Waals surface area contributed by atoms with Crippen molar-refractivity contribution in [3.05, 3.63) is 91.0 Å². The van der Waals surface area contributed by atoms with Gasteiger partial charge >= 0.3 is 29.6 Å². The third kappa shape index (κ3) is 4.71. The molecule has 3 aromatic carbocycles. The van der Waals surface area contributed by atoms with Crippen molar-refractivity contribution in [2.75, 3.05) is 0 Å². The average molecular weight is 350 g/mol. The summed E-state index contributed by atoms with van der Waals surface area (Å²) >= 11 is 0. The van der Waals surface area contributed by atoms with Crippen LogP contribution in [0.5, 0.6) is 0 Å². The molecule has 0 fully saturated rings. The SMILES string of the molecule is CCCCCC[B-](c1ccccc1)(c1ccccc1)c1ccccc1.[Na+]. The van der Waals surface area contributed by atoms with Crippen molar-refractivity contribution in [1.82, 2.24) is 0 Å². The van der Waals surface area contributed by atoms with E-state index in [4.69, 9.17) is 0 Å². The van der Waals surface area contributed by atoms with Gasteiger partial charge in [0.05, 0.1) is 6.15 Å². The van der Waals surface area contributed by atoms with Gasteiger partial charge in [0, 0.05) is 0 Å². The second-order valence-electron chi connectivity index (χ2n) is 7.13. The smallest absolute Gasteiger partial charge is 0.200 e. The van der Waals surface area contributed by atoms with Crippen molar-refractivity contribution in [2.45, 2.75) is 38.9 Å². The zero-order valence-electron chi connectivity index (χ0n) is 16.3. The maximum atomic E-state index is 2.32. The third-order valence-electron chi connectivity index (χ3n) is 5.60. The van der Waals surface area contributed by atoms with Crippen molar-refractivity contribution in [3.8, 4) is 0 Å². The molecule has 0 heterocycles. The van der Waals surface area contributed by atoms with Gasteiger partial charge in [0.25, 0.3) is 0 Å². The van der Waals surface area contributed by atoms with Gasteiger partial charge in [-0.2, -0.15) is 22.7 Å². The summed E-state index contributed by atoms with van der Waals surface area (Å²) in [6, 6.07) is 33.4. The molecule has 0 saturated carbocycles. The molecule has 26 heavy (non-hydrogen) atoms. The summed E-state index contributed by atoms with van der Waals surface area (Å²) in [7, 11) is 0. The molecule has 0 unspecified atom stereocenters. The number of rotatable bonds is 8. The fourth-order valence-electron chi connectivity index (χ4n) is 4.30. The Hall–Kier alpha value is -1.28. The monoisotopic (exact) mass is 350 g/mol. The van der Waals surface area contributed by atoms with Crippen LogP contribution in [0.25, 0.3) is 0 Å². The zero-order chi connectivity index (χ0) is 17.4. The molecule has 3 rings (SSSR count). The molecule has 0 nitrogen and oxygen atoms in total. The van der Waals surface area contributed by atoms with Crippen LogP contribution in [0.15, 0.2) is 91.0 Å². The third-order valence-corrected chi connectivity index (χ3v) is 5.60. The normalized spacial score (nSPS) is 11.0. The Labute approximate surface area is 181 Å². The number of benzene rings is 3. The van der Waals surface area contributed by atoms with Crippen LogP contribution in [-0.4, -0.2) is 6.15 Å². The van der Waals surface area contributed by atoms with Crippen molar-refractivity contribution in [3.63, 3.8) is 0 Å². The Bertz CT molecular complexity index is 644. The van der Waals surface area contributed by atoms with E-state index in [0.717, 1.165) is 0 Å². The molecule has 0 amide bonds. The van der Waals surface area contributed by atoms with Gasteiger partial charge in [-0.25, -0.2) is 0 Å². The molecular weight excluding hydrogens is 322 g/mol. The van der Waals surface area contributed by atoms with Crippen LogP contribution in [0.3, 0.4) is 0 Å². The minimum Gasteiger partial charge on any atom is -0.200 e. The first kappa shape index (κ1) is 21.0. The number of hydrogen-bond acceptors (Lipinski definition) is 0. The number of hydrogen-bond donors (Lipinski definition) is 0. The minimum absolute atomic E-state index is 0. The average Bonchev–Trinajstić information content (AvgIpc) is 2.70. The minimum atomic E-state index is -0.928. The van der Waals surface area contributed by atoms with E-state index in [1.165, 1.54) is 48.4 Å². The predicted molar refractivity (Wildman–Crippen MR) is 113 cm³/mol. The molecule has 0 N–H and O–H groups in total. The molecule has 0 radical (unpaired) electrons. The molecule has 2 heteroatoms. The summed E-state index contributed by atoms with van der Waals surface area (Å²) in [6.45, 7) is 2.28. The van der Waals surface area contributed by atoms with Gasteiger partial charge in [-0.1, -0.05) is 124 Å². The van der Waals surface area contributed by atoms with E-state index >= 15 is 0 Å². The van der Waals surface area contributed by atoms with E-state index in [1.807, 2.05) is 0 Å². The van der Waals surface area contributed by atoms with E-state index in [-0.39, 0.29) is 29.6 Å². The van der Waals surface area contributed by atoms with E-state index < -0.39 is 6.15 Å². The van der Waals surface area contributed by atoms with Gasteiger partial charge in [0.15, 0.2) is 0 Å². The summed E-state index contributed by atoms with van der Waals surface area (Å²) in [5.74, 6) is 0. The summed E-state index contributed by atoms with van der Waals surface area (Å²) in [5.41, 5.74) is 4.36. The van der Waals surface area contributed by atoms with Crippen molar-refractivity contribution >= 4 is 22.5 Å². The Morgan fingerprint density at radius 2 is 0.923 bits per heavy atom. The van der Waals surface area contributed by atoms with Crippen LogP contribution in [0.1, 0.15) is 32.6 Å². The molecular formula is C24H28BNa. The van der Waals surface area contributed by atoms with E-state index in [0.29, 0.717) is 0 Å². The molecule has 3 aromatic rings. The van der Waals surface area contributed by atoms with Gasteiger partial charge < -0.3 is 0 Å². The second kappa shape index (κ2) is 10.8. The van der Waals surface area contributed by atoms with Crippen molar-refractivity contribution < 1.29 is 29.6 Å². The Morgan fingerprint density at radius 3 is 1.27 bits per heavy atom. The molecule has 0 spiro atoms. The molecule has 0 aromatic heterocycles. The Balaban J connectivity index is 0.00000243. The Kier molecular flexibility index (Phi) is 8.71. The molecule has 0 aliphatic carbocycles. The van der Waals surface area contributed by atoms with Crippen LogP contribution < -0.4 is 45.9 Å². The first-order chi connectivity index (χ1) is 12.4. The van der Waals surface area contributed by atoms with Crippen LogP contribution in [0.2, 0.25) is 6.32 Å².